The standard InChI is InChI=1S/C11H7F3O3/c12-11(13,14)8-4-2-1-3-7(8)9(15)5-6-10(16)17/h1-6H,(H,16,17). The summed E-state index contributed by atoms with van der Waals surface area (Å²) in [6.45, 7) is 0. The van der Waals surface area contributed by atoms with Crippen LogP contribution in [0, 0.1) is 0 Å². The van der Waals surface area contributed by atoms with Gasteiger partial charge in [0.2, 0.25) is 0 Å². The van der Waals surface area contributed by atoms with E-state index in [9.17, 15) is 22.8 Å². The Balaban J connectivity index is 3.15. The highest BCUT2D eigenvalue weighted by Crippen LogP contribution is 2.32. The fraction of sp³-hybridized carbons (Fsp3) is 0.0909. The number of aliphatic carboxylic acids is 1. The summed E-state index contributed by atoms with van der Waals surface area (Å²) in [5, 5.41) is 8.28. The molecule has 0 aromatic heterocycles. The summed E-state index contributed by atoms with van der Waals surface area (Å²) >= 11 is 0. The molecular formula is C11H7F3O3. The molecule has 17 heavy (non-hydrogen) atoms. The zero-order chi connectivity index (χ0) is 13.1. The van der Waals surface area contributed by atoms with Crippen LogP contribution < -0.4 is 0 Å². The Morgan fingerprint density at radius 2 is 1.71 bits per heavy atom. The maximum absolute atomic E-state index is 12.5. The van der Waals surface area contributed by atoms with Crippen LogP contribution in [0.3, 0.4) is 0 Å². The van der Waals surface area contributed by atoms with E-state index in [-0.39, 0.29) is 0 Å². The van der Waals surface area contributed by atoms with Crippen molar-refractivity contribution in [2.75, 3.05) is 0 Å². The molecule has 0 fully saturated rings. The molecule has 1 aromatic carbocycles. The number of hydrogen-bond acceptors (Lipinski definition) is 2. The van der Waals surface area contributed by atoms with E-state index in [0.29, 0.717) is 12.2 Å². The lowest BCUT2D eigenvalue weighted by molar-refractivity contribution is -0.138. The van der Waals surface area contributed by atoms with Crippen LogP contribution in [0.2, 0.25) is 0 Å². The van der Waals surface area contributed by atoms with Crippen LogP contribution in [0.25, 0.3) is 0 Å². The molecule has 0 aliphatic heterocycles. The minimum atomic E-state index is -4.65. The van der Waals surface area contributed by atoms with E-state index < -0.39 is 29.1 Å². The van der Waals surface area contributed by atoms with Crippen LogP contribution in [-0.2, 0) is 11.0 Å². The van der Waals surface area contributed by atoms with E-state index in [0.717, 1.165) is 18.2 Å². The third-order valence-corrected chi connectivity index (χ3v) is 1.88. The molecule has 6 heteroatoms. The molecule has 0 heterocycles. The van der Waals surface area contributed by atoms with Crippen LogP contribution in [0.5, 0.6) is 0 Å². The van der Waals surface area contributed by atoms with E-state index in [1.165, 1.54) is 6.07 Å². The summed E-state index contributed by atoms with van der Waals surface area (Å²) in [7, 11) is 0. The van der Waals surface area contributed by atoms with Crippen molar-refractivity contribution in [1.29, 1.82) is 0 Å². The number of ketones is 1. The molecule has 0 saturated heterocycles. The third kappa shape index (κ3) is 3.44. The Bertz CT molecular complexity index is 475. The number of benzene rings is 1. The lowest BCUT2D eigenvalue weighted by atomic mass is 10.0. The summed E-state index contributed by atoms with van der Waals surface area (Å²) in [4.78, 5) is 21.5. The van der Waals surface area contributed by atoms with Crippen LogP contribution in [-0.4, -0.2) is 16.9 Å². The van der Waals surface area contributed by atoms with Crippen molar-refractivity contribution in [3.8, 4) is 0 Å². The van der Waals surface area contributed by atoms with Gasteiger partial charge in [-0.3, -0.25) is 4.79 Å². The highest BCUT2D eigenvalue weighted by atomic mass is 19.4. The van der Waals surface area contributed by atoms with Crippen molar-refractivity contribution >= 4 is 11.8 Å². The maximum atomic E-state index is 12.5. The molecule has 0 bridgehead atoms. The second-order valence-corrected chi connectivity index (χ2v) is 3.08. The van der Waals surface area contributed by atoms with Crippen LogP contribution in [0.15, 0.2) is 36.4 Å². The quantitative estimate of drug-likeness (QED) is 0.656. The molecule has 0 aliphatic carbocycles. The molecule has 1 aromatic rings. The highest BCUT2D eigenvalue weighted by molar-refractivity contribution is 6.07. The Kier molecular flexibility index (Phi) is 3.67. The van der Waals surface area contributed by atoms with Crippen LogP contribution in [0.4, 0.5) is 13.2 Å². The second-order valence-electron chi connectivity index (χ2n) is 3.08. The van der Waals surface area contributed by atoms with Crippen molar-refractivity contribution in [3.63, 3.8) is 0 Å². The first-order chi connectivity index (χ1) is 7.82. The highest BCUT2D eigenvalue weighted by Gasteiger charge is 2.34. The average Bonchev–Trinajstić information content (AvgIpc) is 2.24. The Hall–Kier alpha value is -2.11. The topological polar surface area (TPSA) is 54.4 Å². The first-order valence-corrected chi connectivity index (χ1v) is 4.44. The monoisotopic (exact) mass is 244 g/mol. The first kappa shape index (κ1) is 13.0. The lowest BCUT2D eigenvalue weighted by Crippen LogP contribution is -2.12. The van der Waals surface area contributed by atoms with Gasteiger partial charge in [-0.05, 0) is 12.1 Å². The molecule has 1 rings (SSSR count). The summed E-state index contributed by atoms with van der Waals surface area (Å²) < 4.78 is 37.5. The van der Waals surface area contributed by atoms with Gasteiger partial charge >= 0.3 is 12.1 Å². The molecule has 90 valence electrons. The molecule has 0 amide bonds. The first-order valence-electron chi connectivity index (χ1n) is 4.44. The number of carbonyl (C=O) groups is 2. The van der Waals surface area contributed by atoms with Crippen molar-refractivity contribution < 1.29 is 27.9 Å². The predicted octanol–water partition coefficient (Wildman–Crippen LogP) is 2.53. The Morgan fingerprint density at radius 1 is 1.12 bits per heavy atom. The van der Waals surface area contributed by atoms with Gasteiger partial charge < -0.3 is 5.11 Å². The van der Waals surface area contributed by atoms with Gasteiger partial charge in [-0.15, -0.1) is 0 Å². The summed E-state index contributed by atoms with van der Waals surface area (Å²) in [5.41, 5.74) is -1.66. The second kappa shape index (κ2) is 4.82. The number of rotatable bonds is 3. The maximum Gasteiger partial charge on any atom is 0.417 e. The van der Waals surface area contributed by atoms with E-state index >= 15 is 0 Å². The predicted molar refractivity (Wildman–Crippen MR) is 52.6 cm³/mol. The molecule has 0 unspecified atom stereocenters. The van der Waals surface area contributed by atoms with Gasteiger partial charge in [-0.1, -0.05) is 18.2 Å². The van der Waals surface area contributed by atoms with Crippen molar-refractivity contribution in [2.24, 2.45) is 0 Å². The minimum Gasteiger partial charge on any atom is -0.478 e. The average molecular weight is 244 g/mol. The zero-order valence-electron chi connectivity index (χ0n) is 8.36. The number of hydrogen-bond donors (Lipinski definition) is 1. The fourth-order valence-electron chi connectivity index (χ4n) is 1.18. The number of halogens is 3. The van der Waals surface area contributed by atoms with Crippen LogP contribution in [0.1, 0.15) is 15.9 Å². The van der Waals surface area contributed by atoms with Gasteiger partial charge in [-0.25, -0.2) is 4.79 Å². The van der Waals surface area contributed by atoms with Gasteiger partial charge in [0.15, 0.2) is 5.78 Å². The molecule has 0 atom stereocenters. The fourth-order valence-corrected chi connectivity index (χ4v) is 1.18. The van der Waals surface area contributed by atoms with E-state index in [1.807, 2.05) is 0 Å². The van der Waals surface area contributed by atoms with Gasteiger partial charge in [-0.2, -0.15) is 13.2 Å². The van der Waals surface area contributed by atoms with E-state index in [1.54, 1.807) is 0 Å². The van der Waals surface area contributed by atoms with E-state index in [4.69, 9.17) is 5.11 Å². The molecule has 0 radical (unpaired) electrons. The molecule has 0 saturated carbocycles. The summed E-state index contributed by atoms with van der Waals surface area (Å²) in [6, 6.07) is 4.19. The number of carbonyl (C=O) groups excluding carboxylic acids is 1. The molecule has 0 aliphatic rings. The summed E-state index contributed by atoms with van der Waals surface area (Å²) in [6.07, 6.45) is -3.56. The SMILES string of the molecule is O=C(O)C=CC(=O)c1ccccc1C(F)(F)F. The van der Waals surface area contributed by atoms with Gasteiger partial charge in [0.05, 0.1) is 5.56 Å². The van der Waals surface area contributed by atoms with Gasteiger partial charge in [0.1, 0.15) is 0 Å². The van der Waals surface area contributed by atoms with Crippen molar-refractivity contribution in [3.05, 3.63) is 47.5 Å². The molecular weight excluding hydrogens is 237 g/mol. The smallest absolute Gasteiger partial charge is 0.417 e. The summed E-state index contributed by atoms with van der Waals surface area (Å²) in [5.74, 6) is -2.40. The van der Waals surface area contributed by atoms with Crippen molar-refractivity contribution in [1.82, 2.24) is 0 Å². The van der Waals surface area contributed by atoms with Crippen LogP contribution >= 0.6 is 0 Å². The van der Waals surface area contributed by atoms with Crippen molar-refractivity contribution in [2.45, 2.75) is 6.18 Å². The lowest BCUT2D eigenvalue weighted by Gasteiger charge is -2.09. The van der Waals surface area contributed by atoms with Gasteiger partial charge in [0, 0.05) is 11.6 Å². The molecule has 1 N–H and O–H groups in total. The Morgan fingerprint density at radius 3 is 2.24 bits per heavy atom. The largest absolute Gasteiger partial charge is 0.478 e. The Labute approximate surface area is 94.2 Å². The number of carboxylic acids is 1. The number of alkyl halides is 3. The zero-order valence-corrected chi connectivity index (χ0v) is 8.36. The third-order valence-electron chi connectivity index (χ3n) is 1.88. The number of allylic oxidation sites excluding steroid dienone is 1. The normalized spacial score (nSPS) is 11.7. The molecule has 0 spiro atoms. The van der Waals surface area contributed by atoms with E-state index in [2.05, 4.69) is 0 Å². The number of carboxylic acid groups (broad SMARTS) is 1. The molecule has 3 nitrogen and oxygen atoms in total. The van der Waals surface area contributed by atoms with Gasteiger partial charge in [0.25, 0.3) is 0 Å². The minimum absolute atomic E-state index is 0.496.